The van der Waals surface area contributed by atoms with Crippen LogP contribution in [-0.4, -0.2) is 17.7 Å². The molecular formula is C21H31NO2. The van der Waals surface area contributed by atoms with E-state index in [2.05, 4.69) is 32.2 Å². The van der Waals surface area contributed by atoms with Crippen molar-refractivity contribution in [2.45, 2.75) is 65.8 Å². The monoisotopic (exact) mass is 329 g/mol. The lowest BCUT2D eigenvalue weighted by atomic mass is 9.45. The minimum Gasteiger partial charge on any atom is -0.349 e. The highest BCUT2D eigenvalue weighted by molar-refractivity contribution is 5.89. The number of carbonyl (C=O) groups is 2. The molecule has 0 radical (unpaired) electrons. The van der Waals surface area contributed by atoms with Gasteiger partial charge in [0.25, 0.3) is 0 Å². The predicted octanol–water partition coefficient (Wildman–Crippen LogP) is 3.73. The van der Waals surface area contributed by atoms with Gasteiger partial charge in [-0.3, -0.25) is 9.59 Å². The first-order valence-corrected chi connectivity index (χ1v) is 9.77. The summed E-state index contributed by atoms with van der Waals surface area (Å²) in [7, 11) is 0. The van der Waals surface area contributed by atoms with Crippen LogP contribution in [0.25, 0.3) is 0 Å². The lowest BCUT2D eigenvalue weighted by Crippen LogP contribution is -2.61. The molecule has 24 heavy (non-hydrogen) atoms. The van der Waals surface area contributed by atoms with Crippen molar-refractivity contribution in [3.8, 4) is 0 Å². The van der Waals surface area contributed by atoms with E-state index < -0.39 is 0 Å². The zero-order valence-electron chi connectivity index (χ0n) is 15.5. The van der Waals surface area contributed by atoms with Crippen LogP contribution in [0.3, 0.4) is 0 Å². The van der Waals surface area contributed by atoms with E-state index in [4.69, 9.17) is 0 Å². The molecule has 4 rings (SSSR count). The summed E-state index contributed by atoms with van der Waals surface area (Å²) in [6, 6.07) is 0.278. The summed E-state index contributed by atoms with van der Waals surface area (Å²) >= 11 is 0. The molecular weight excluding hydrogens is 298 g/mol. The molecule has 1 aliphatic heterocycles. The topological polar surface area (TPSA) is 46.2 Å². The lowest BCUT2D eigenvalue weighted by Gasteiger charge is -2.60. The van der Waals surface area contributed by atoms with E-state index >= 15 is 0 Å². The van der Waals surface area contributed by atoms with Crippen LogP contribution in [-0.2, 0) is 9.59 Å². The molecule has 3 aliphatic carbocycles. The molecule has 0 saturated heterocycles. The molecule has 4 aliphatic rings. The van der Waals surface area contributed by atoms with Gasteiger partial charge in [0.1, 0.15) is 5.78 Å². The lowest BCUT2D eigenvalue weighted by molar-refractivity contribution is -0.134. The standard InChI is InChI=1S/C21H31NO2/c1-12-11-17-21(4,10-8-18(24)22-17)16-7-9-20(3)14(13(2)23)5-6-15(20)19(12)16/h8,10,12,14-17,19H,5-7,9,11H2,1-4H3,(H,22,24)/t12?,14-,15+,16+,17?,19+,20-,21-/m1/s1. The molecule has 1 N–H and O–H groups in total. The molecule has 0 bridgehead atoms. The molecule has 3 saturated carbocycles. The molecule has 3 nitrogen and oxygen atoms in total. The molecule has 0 aromatic heterocycles. The van der Waals surface area contributed by atoms with E-state index in [1.54, 1.807) is 13.0 Å². The number of amides is 1. The van der Waals surface area contributed by atoms with Crippen molar-refractivity contribution in [3.05, 3.63) is 12.2 Å². The Hall–Kier alpha value is -1.12. The average molecular weight is 329 g/mol. The Labute approximate surface area is 145 Å². The summed E-state index contributed by atoms with van der Waals surface area (Å²) in [5, 5.41) is 3.24. The quantitative estimate of drug-likeness (QED) is 0.796. The molecule has 3 fully saturated rings. The van der Waals surface area contributed by atoms with Gasteiger partial charge in [0.15, 0.2) is 0 Å². The largest absolute Gasteiger partial charge is 0.349 e. The van der Waals surface area contributed by atoms with Crippen LogP contribution in [0.15, 0.2) is 12.2 Å². The minimum absolute atomic E-state index is 0.0706. The first-order valence-electron chi connectivity index (χ1n) is 9.77. The number of hydrogen-bond acceptors (Lipinski definition) is 2. The molecule has 8 atom stereocenters. The Morgan fingerprint density at radius 1 is 1.21 bits per heavy atom. The zero-order valence-corrected chi connectivity index (χ0v) is 15.5. The number of carbonyl (C=O) groups excluding carboxylic acids is 2. The second-order valence-corrected chi connectivity index (χ2v) is 9.55. The van der Waals surface area contributed by atoms with E-state index in [9.17, 15) is 9.59 Å². The number of ketones is 1. The third-order valence-corrected chi connectivity index (χ3v) is 8.55. The minimum atomic E-state index is 0.0706. The van der Waals surface area contributed by atoms with Crippen molar-refractivity contribution in [3.63, 3.8) is 0 Å². The van der Waals surface area contributed by atoms with Crippen molar-refractivity contribution in [2.24, 2.45) is 40.4 Å². The summed E-state index contributed by atoms with van der Waals surface area (Å²) < 4.78 is 0. The maximum Gasteiger partial charge on any atom is 0.243 e. The highest BCUT2D eigenvalue weighted by Crippen LogP contribution is 2.66. The summed E-state index contributed by atoms with van der Waals surface area (Å²) in [5.41, 5.74) is 0.285. The van der Waals surface area contributed by atoms with E-state index in [1.807, 2.05) is 0 Å². The third kappa shape index (κ3) is 2.02. The van der Waals surface area contributed by atoms with Gasteiger partial charge in [-0.2, -0.15) is 0 Å². The number of rotatable bonds is 1. The van der Waals surface area contributed by atoms with Crippen molar-refractivity contribution in [1.29, 1.82) is 0 Å². The van der Waals surface area contributed by atoms with Gasteiger partial charge >= 0.3 is 0 Å². The van der Waals surface area contributed by atoms with Crippen LogP contribution in [0.1, 0.15) is 59.8 Å². The van der Waals surface area contributed by atoms with Crippen LogP contribution in [0, 0.1) is 40.4 Å². The Morgan fingerprint density at radius 3 is 2.67 bits per heavy atom. The van der Waals surface area contributed by atoms with E-state index in [0.29, 0.717) is 29.5 Å². The molecule has 0 aromatic carbocycles. The average Bonchev–Trinajstić information content (AvgIpc) is 2.86. The van der Waals surface area contributed by atoms with Crippen molar-refractivity contribution >= 4 is 11.7 Å². The Bertz CT molecular complexity index is 611. The molecule has 3 heteroatoms. The van der Waals surface area contributed by atoms with Gasteiger partial charge in [-0.15, -0.1) is 0 Å². The van der Waals surface area contributed by atoms with Gasteiger partial charge in [-0.25, -0.2) is 0 Å². The van der Waals surface area contributed by atoms with Crippen LogP contribution in [0.5, 0.6) is 0 Å². The van der Waals surface area contributed by atoms with Crippen LogP contribution >= 0.6 is 0 Å². The normalized spacial score (nSPS) is 52.9. The van der Waals surface area contributed by atoms with Gasteiger partial charge in [-0.1, -0.05) is 26.8 Å². The zero-order chi connectivity index (χ0) is 17.3. The molecule has 1 amide bonds. The summed E-state index contributed by atoms with van der Waals surface area (Å²) in [5.74, 6) is 3.35. The van der Waals surface area contributed by atoms with Gasteiger partial charge in [-0.05, 0) is 74.2 Å². The second kappa shape index (κ2) is 5.19. The first-order chi connectivity index (χ1) is 11.3. The number of nitrogens with one attached hydrogen (secondary N) is 1. The number of fused-ring (bicyclic) bond motifs is 5. The van der Waals surface area contributed by atoms with E-state index in [-0.39, 0.29) is 28.7 Å². The smallest absolute Gasteiger partial charge is 0.243 e. The van der Waals surface area contributed by atoms with Gasteiger partial charge in [0.05, 0.1) is 0 Å². The number of Topliss-reactive ketones (excluding diaryl/α,β-unsaturated/α-hetero) is 1. The fraction of sp³-hybridized carbons (Fsp3) is 0.810. The molecule has 0 spiro atoms. The Kier molecular flexibility index (Phi) is 3.54. The molecule has 0 aromatic rings. The van der Waals surface area contributed by atoms with Crippen LogP contribution in [0.2, 0.25) is 0 Å². The first kappa shape index (κ1) is 16.4. The van der Waals surface area contributed by atoms with E-state index in [0.717, 1.165) is 12.8 Å². The highest BCUT2D eigenvalue weighted by Gasteiger charge is 2.61. The Morgan fingerprint density at radius 2 is 1.96 bits per heavy atom. The predicted molar refractivity (Wildman–Crippen MR) is 94.2 cm³/mol. The van der Waals surface area contributed by atoms with Crippen LogP contribution < -0.4 is 5.32 Å². The van der Waals surface area contributed by atoms with Crippen LogP contribution in [0.4, 0.5) is 0 Å². The molecule has 2 unspecified atom stereocenters. The summed E-state index contributed by atoms with van der Waals surface area (Å²) in [4.78, 5) is 24.1. The van der Waals surface area contributed by atoms with Gasteiger partial charge in [0.2, 0.25) is 5.91 Å². The third-order valence-electron chi connectivity index (χ3n) is 8.55. The van der Waals surface area contributed by atoms with Crippen molar-refractivity contribution in [1.82, 2.24) is 5.32 Å². The fourth-order valence-corrected chi connectivity index (χ4v) is 7.35. The summed E-state index contributed by atoms with van der Waals surface area (Å²) in [6.45, 7) is 8.93. The maximum atomic E-state index is 12.2. The van der Waals surface area contributed by atoms with Crippen molar-refractivity contribution < 1.29 is 9.59 Å². The summed E-state index contributed by atoms with van der Waals surface area (Å²) in [6.07, 6.45) is 9.69. The van der Waals surface area contributed by atoms with Gasteiger partial charge < -0.3 is 5.32 Å². The molecule has 132 valence electrons. The maximum absolute atomic E-state index is 12.2. The fourth-order valence-electron chi connectivity index (χ4n) is 7.35. The molecule has 1 heterocycles. The van der Waals surface area contributed by atoms with E-state index in [1.165, 1.54) is 19.3 Å². The second-order valence-electron chi connectivity index (χ2n) is 9.55. The Balaban J connectivity index is 1.71. The SMILES string of the molecule is CC(=O)[C@H]1CC[C@H]2[C@@H]3C(C)CC4NC(=O)C=C[C@]4(C)[C@H]3CC[C@]12C. The van der Waals surface area contributed by atoms with Crippen molar-refractivity contribution in [2.75, 3.05) is 0 Å². The highest BCUT2D eigenvalue weighted by atomic mass is 16.1. The van der Waals surface area contributed by atoms with Gasteiger partial charge in [0, 0.05) is 17.4 Å². The number of hydrogen-bond donors (Lipinski definition) is 1.